The maximum absolute atomic E-state index is 5.83. The lowest BCUT2D eigenvalue weighted by molar-refractivity contribution is 0.202. The van der Waals surface area contributed by atoms with E-state index in [1.54, 1.807) is 0 Å². The molecule has 1 saturated heterocycles. The summed E-state index contributed by atoms with van der Waals surface area (Å²) in [6, 6.07) is 2.06. The van der Waals surface area contributed by atoms with Crippen LogP contribution in [0.4, 0.5) is 5.69 Å². The van der Waals surface area contributed by atoms with Crippen LogP contribution in [0.2, 0.25) is 0 Å². The second kappa shape index (κ2) is 5.27. The SMILES string of the molecule is NCc1ccncc1N1CCC2CCCCC2C1. The maximum Gasteiger partial charge on any atom is 0.0598 e. The zero-order chi connectivity index (χ0) is 12.4. The average molecular weight is 245 g/mol. The molecule has 2 fully saturated rings. The van der Waals surface area contributed by atoms with Crippen LogP contribution >= 0.6 is 0 Å². The van der Waals surface area contributed by atoms with Crippen molar-refractivity contribution in [2.75, 3.05) is 18.0 Å². The Bertz CT molecular complexity index is 404. The highest BCUT2D eigenvalue weighted by molar-refractivity contribution is 5.52. The number of fused-ring (bicyclic) bond motifs is 1. The van der Waals surface area contributed by atoms with Crippen molar-refractivity contribution in [3.05, 3.63) is 24.0 Å². The highest BCUT2D eigenvalue weighted by Crippen LogP contribution is 2.37. The van der Waals surface area contributed by atoms with Crippen LogP contribution in [0.15, 0.2) is 18.5 Å². The maximum atomic E-state index is 5.83. The fraction of sp³-hybridized carbons (Fsp3) is 0.667. The Morgan fingerprint density at radius 2 is 2.06 bits per heavy atom. The largest absolute Gasteiger partial charge is 0.370 e. The third kappa shape index (κ3) is 2.24. The van der Waals surface area contributed by atoms with Crippen molar-refractivity contribution < 1.29 is 0 Å². The molecule has 0 spiro atoms. The van der Waals surface area contributed by atoms with Crippen molar-refractivity contribution in [3.8, 4) is 0 Å². The first-order chi connectivity index (χ1) is 8.88. The number of aromatic nitrogens is 1. The van der Waals surface area contributed by atoms with Gasteiger partial charge in [-0.25, -0.2) is 0 Å². The van der Waals surface area contributed by atoms with E-state index in [1.807, 2.05) is 12.4 Å². The minimum Gasteiger partial charge on any atom is -0.370 e. The molecule has 3 nitrogen and oxygen atoms in total. The molecular weight excluding hydrogens is 222 g/mol. The number of hydrogen-bond acceptors (Lipinski definition) is 3. The van der Waals surface area contributed by atoms with Crippen molar-refractivity contribution in [2.24, 2.45) is 17.6 Å². The van der Waals surface area contributed by atoms with Gasteiger partial charge in [-0.2, -0.15) is 0 Å². The summed E-state index contributed by atoms with van der Waals surface area (Å²) in [4.78, 5) is 6.79. The van der Waals surface area contributed by atoms with Crippen LogP contribution in [0.3, 0.4) is 0 Å². The molecule has 98 valence electrons. The van der Waals surface area contributed by atoms with E-state index in [1.165, 1.54) is 56.4 Å². The Labute approximate surface area is 109 Å². The highest BCUT2D eigenvalue weighted by Gasteiger charge is 2.31. The minimum atomic E-state index is 0.614. The Kier molecular flexibility index (Phi) is 3.50. The number of piperidine rings is 1. The first-order valence-corrected chi connectivity index (χ1v) is 7.26. The summed E-state index contributed by atoms with van der Waals surface area (Å²) < 4.78 is 0. The van der Waals surface area contributed by atoms with Crippen LogP contribution in [0, 0.1) is 11.8 Å². The first kappa shape index (κ1) is 12.0. The van der Waals surface area contributed by atoms with Crippen LogP contribution in [0.1, 0.15) is 37.7 Å². The van der Waals surface area contributed by atoms with Crippen LogP contribution < -0.4 is 10.6 Å². The van der Waals surface area contributed by atoms with Crippen molar-refractivity contribution in [1.82, 2.24) is 4.98 Å². The van der Waals surface area contributed by atoms with Gasteiger partial charge in [-0.1, -0.05) is 19.3 Å². The second-order valence-corrected chi connectivity index (χ2v) is 5.75. The standard InChI is InChI=1S/C15H23N3/c16-9-13-5-7-17-10-15(13)18-8-6-12-3-1-2-4-14(12)11-18/h5,7,10,12,14H,1-4,6,8-9,11,16H2. The Balaban J connectivity index is 1.77. The van der Waals surface area contributed by atoms with Gasteiger partial charge >= 0.3 is 0 Å². The molecule has 1 aliphatic heterocycles. The van der Waals surface area contributed by atoms with Gasteiger partial charge in [0.1, 0.15) is 0 Å². The van der Waals surface area contributed by atoms with Gasteiger partial charge in [-0.3, -0.25) is 4.98 Å². The summed E-state index contributed by atoms with van der Waals surface area (Å²) in [6.07, 6.45) is 10.9. The van der Waals surface area contributed by atoms with E-state index in [4.69, 9.17) is 5.73 Å². The minimum absolute atomic E-state index is 0.614. The summed E-state index contributed by atoms with van der Waals surface area (Å²) >= 11 is 0. The number of anilines is 1. The van der Waals surface area contributed by atoms with Gasteiger partial charge in [0.2, 0.25) is 0 Å². The van der Waals surface area contributed by atoms with Crippen LogP contribution in [-0.2, 0) is 6.54 Å². The molecule has 2 atom stereocenters. The van der Waals surface area contributed by atoms with Gasteiger partial charge in [0.05, 0.1) is 11.9 Å². The molecule has 0 radical (unpaired) electrons. The van der Waals surface area contributed by atoms with Crippen molar-refractivity contribution in [1.29, 1.82) is 0 Å². The predicted octanol–water partition coefficient (Wildman–Crippen LogP) is 2.56. The Hall–Kier alpha value is -1.09. The van der Waals surface area contributed by atoms with Gasteiger partial charge < -0.3 is 10.6 Å². The van der Waals surface area contributed by atoms with Crippen molar-refractivity contribution in [2.45, 2.75) is 38.6 Å². The molecule has 2 heterocycles. The molecule has 1 saturated carbocycles. The molecule has 1 aromatic heterocycles. The molecule has 1 aliphatic carbocycles. The molecule has 3 rings (SSSR count). The molecule has 0 amide bonds. The molecule has 0 bridgehead atoms. The quantitative estimate of drug-likeness (QED) is 0.870. The van der Waals surface area contributed by atoms with Gasteiger partial charge in [0.15, 0.2) is 0 Å². The van der Waals surface area contributed by atoms with Crippen LogP contribution in [0.25, 0.3) is 0 Å². The lowest BCUT2D eigenvalue weighted by atomic mass is 9.75. The zero-order valence-electron chi connectivity index (χ0n) is 11.0. The molecule has 1 aromatic rings. The van der Waals surface area contributed by atoms with E-state index in [0.717, 1.165) is 11.8 Å². The summed E-state index contributed by atoms with van der Waals surface area (Å²) in [7, 11) is 0. The number of pyridine rings is 1. The highest BCUT2D eigenvalue weighted by atomic mass is 15.1. The molecule has 2 unspecified atom stereocenters. The van der Waals surface area contributed by atoms with Gasteiger partial charge in [0.25, 0.3) is 0 Å². The Morgan fingerprint density at radius 1 is 1.22 bits per heavy atom. The molecule has 0 aromatic carbocycles. The number of rotatable bonds is 2. The van der Waals surface area contributed by atoms with E-state index in [2.05, 4.69) is 16.0 Å². The number of nitrogens with zero attached hydrogens (tertiary/aromatic N) is 2. The Morgan fingerprint density at radius 3 is 2.89 bits per heavy atom. The van der Waals surface area contributed by atoms with Gasteiger partial charge in [-0.05, 0) is 36.3 Å². The van der Waals surface area contributed by atoms with E-state index in [-0.39, 0.29) is 0 Å². The third-order valence-electron chi connectivity index (χ3n) is 4.74. The monoisotopic (exact) mass is 245 g/mol. The lowest BCUT2D eigenvalue weighted by Crippen LogP contribution is -2.42. The van der Waals surface area contributed by atoms with Crippen LogP contribution in [-0.4, -0.2) is 18.1 Å². The van der Waals surface area contributed by atoms with E-state index in [0.29, 0.717) is 6.54 Å². The van der Waals surface area contributed by atoms with E-state index in [9.17, 15) is 0 Å². The van der Waals surface area contributed by atoms with Gasteiger partial charge in [-0.15, -0.1) is 0 Å². The van der Waals surface area contributed by atoms with Crippen LogP contribution in [0.5, 0.6) is 0 Å². The lowest BCUT2D eigenvalue weighted by Gasteiger charge is -2.42. The van der Waals surface area contributed by atoms with E-state index < -0.39 is 0 Å². The van der Waals surface area contributed by atoms with Crippen molar-refractivity contribution >= 4 is 5.69 Å². The van der Waals surface area contributed by atoms with E-state index >= 15 is 0 Å². The van der Waals surface area contributed by atoms with Crippen molar-refractivity contribution in [3.63, 3.8) is 0 Å². The molecule has 18 heavy (non-hydrogen) atoms. The zero-order valence-corrected chi connectivity index (χ0v) is 11.0. The molecule has 2 aliphatic rings. The summed E-state index contributed by atoms with van der Waals surface area (Å²) in [6.45, 7) is 3.01. The molecule has 3 heteroatoms. The number of nitrogens with two attached hydrogens (primary N) is 1. The predicted molar refractivity (Wildman–Crippen MR) is 74.4 cm³/mol. The third-order valence-corrected chi connectivity index (χ3v) is 4.74. The second-order valence-electron chi connectivity index (χ2n) is 5.75. The smallest absolute Gasteiger partial charge is 0.0598 e. The average Bonchev–Trinajstić information content (AvgIpc) is 2.46. The summed E-state index contributed by atoms with van der Waals surface area (Å²) in [5, 5.41) is 0. The summed E-state index contributed by atoms with van der Waals surface area (Å²) in [5.74, 6) is 1.88. The summed E-state index contributed by atoms with van der Waals surface area (Å²) in [5.41, 5.74) is 8.34. The number of hydrogen-bond donors (Lipinski definition) is 1. The first-order valence-electron chi connectivity index (χ1n) is 7.26. The fourth-order valence-corrected chi connectivity index (χ4v) is 3.69. The van der Waals surface area contributed by atoms with Gasteiger partial charge in [0, 0.05) is 25.8 Å². The fourth-order valence-electron chi connectivity index (χ4n) is 3.69. The normalized spacial score (nSPS) is 27.9. The topological polar surface area (TPSA) is 42.1 Å². The molecular formula is C15H23N3. The molecule has 2 N–H and O–H groups in total.